The van der Waals surface area contributed by atoms with Gasteiger partial charge in [0.1, 0.15) is 18.5 Å². The molecule has 0 bridgehead atoms. The molecule has 43 heavy (non-hydrogen) atoms. The summed E-state index contributed by atoms with van der Waals surface area (Å²) in [4.78, 5) is 11.5. The third-order valence-corrected chi connectivity index (χ3v) is 9.81. The molecule has 232 valence electrons. The maximum Gasteiger partial charge on any atom is 0.306 e. The number of hydrogen-bond acceptors (Lipinski definition) is 4. The number of rotatable bonds is 11. The van der Waals surface area contributed by atoms with Crippen molar-refractivity contribution in [2.45, 2.75) is 111 Å². The fraction of sp³-hybridized carbons (Fsp3) is 0.500. The molecule has 2 atom stereocenters. The normalized spacial score (nSPS) is 16.7. The van der Waals surface area contributed by atoms with Crippen LogP contribution in [0.3, 0.4) is 0 Å². The van der Waals surface area contributed by atoms with Crippen molar-refractivity contribution in [1.82, 2.24) is 0 Å². The van der Waals surface area contributed by atoms with Crippen molar-refractivity contribution in [3.63, 3.8) is 0 Å². The Morgan fingerprint density at radius 3 is 2.09 bits per heavy atom. The van der Waals surface area contributed by atoms with Crippen molar-refractivity contribution < 1.29 is 18.7 Å². The zero-order valence-electron chi connectivity index (χ0n) is 28.1. The molecule has 1 heterocycles. The molecule has 0 saturated carbocycles. The second-order valence-corrected chi connectivity index (χ2v) is 18.8. The average molecular weight is 601 g/mol. The highest BCUT2D eigenvalue weighted by Gasteiger charge is 2.33. The summed E-state index contributed by atoms with van der Waals surface area (Å²) in [6.07, 6.45) is 3.11. The van der Waals surface area contributed by atoms with Crippen molar-refractivity contribution >= 4 is 14.3 Å². The number of esters is 1. The third kappa shape index (κ3) is 7.61. The molecule has 4 rings (SSSR count). The van der Waals surface area contributed by atoms with Crippen molar-refractivity contribution in [3.8, 4) is 16.9 Å². The van der Waals surface area contributed by atoms with E-state index >= 15 is 0 Å². The van der Waals surface area contributed by atoms with E-state index in [-0.39, 0.29) is 29.0 Å². The number of hydrogen-bond donors (Lipinski definition) is 0. The Morgan fingerprint density at radius 2 is 1.56 bits per heavy atom. The van der Waals surface area contributed by atoms with Crippen LogP contribution in [0.15, 0.2) is 60.7 Å². The Labute approximate surface area is 261 Å². The molecular weight excluding hydrogens is 549 g/mol. The molecule has 0 aromatic heterocycles. The van der Waals surface area contributed by atoms with Crippen LogP contribution in [0, 0.1) is 19.3 Å². The molecule has 0 spiro atoms. The Balaban J connectivity index is 1.63. The number of cyclic esters (lactones) is 1. The van der Waals surface area contributed by atoms with Crippen molar-refractivity contribution in [2.75, 3.05) is 6.61 Å². The van der Waals surface area contributed by atoms with Crippen molar-refractivity contribution in [3.05, 3.63) is 88.5 Å². The predicted octanol–water partition coefficient (Wildman–Crippen LogP) is 10.1. The maximum absolute atomic E-state index is 11.5. The molecule has 1 aliphatic rings. The van der Waals surface area contributed by atoms with E-state index in [2.05, 4.69) is 129 Å². The van der Waals surface area contributed by atoms with Gasteiger partial charge in [-0.15, -0.1) is 0 Å². The van der Waals surface area contributed by atoms with Gasteiger partial charge in [0.05, 0.1) is 6.10 Å². The highest BCUT2D eigenvalue weighted by atomic mass is 28.4. The van der Waals surface area contributed by atoms with Crippen molar-refractivity contribution in [2.24, 2.45) is 5.41 Å². The van der Waals surface area contributed by atoms with Gasteiger partial charge in [0.15, 0.2) is 8.32 Å². The smallest absolute Gasteiger partial charge is 0.306 e. The SMILES string of the molecule is CCC(CC)(c1ccc(OC[C@H]2CCC(=O)O2)c(C)c1)c1ccc(-c2cccc(C(O[Si](C)(C)C)C(C)(C)C)c2)c(C)c1. The highest BCUT2D eigenvalue weighted by Crippen LogP contribution is 2.43. The van der Waals surface area contributed by atoms with Gasteiger partial charge in [-0.1, -0.05) is 83.1 Å². The highest BCUT2D eigenvalue weighted by molar-refractivity contribution is 6.69. The van der Waals surface area contributed by atoms with Gasteiger partial charge in [-0.25, -0.2) is 0 Å². The average Bonchev–Trinajstić information content (AvgIpc) is 3.36. The van der Waals surface area contributed by atoms with E-state index in [9.17, 15) is 4.79 Å². The van der Waals surface area contributed by atoms with Gasteiger partial charge >= 0.3 is 5.97 Å². The second-order valence-electron chi connectivity index (χ2n) is 14.4. The summed E-state index contributed by atoms with van der Waals surface area (Å²) in [5.41, 5.74) is 8.68. The zero-order chi connectivity index (χ0) is 31.6. The van der Waals surface area contributed by atoms with Crippen LogP contribution in [-0.2, 0) is 19.4 Å². The van der Waals surface area contributed by atoms with Crippen LogP contribution >= 0.6 is 0 Å². The van der Waals surface area contributed by atoms with Crippen LogP contribution in [0.5, 0.6) is 5.75 Å². The first-order chi connectivity index (χ1) is 20.2. The van der Waals surface area contributed by atoms with E-state index in [0.717, 1.165) is 30.6 Å². The minimum absolute atomic E-state index is 0.00169. The molecule has 0 aliphatic carbocycles. The molecule has 4 nitrogen and oxygen atoms in total. The molecule has 1 aliphatic heterocycles. The van der Waals surface area contributed by atoms with Gasteiger partial charge in [0.2, 0.25) is 0 Å². The standard InChI is InChI=1S/C38H52O4Si/c1-11-38(12-2,31-17-20-34(27(4)23-31)40-25-32-18-21-35(39)41-32)30-16-19-33(26(3)22-30)28-14-13-15-29(24-28)36(37(5,6)7)42-43(8,9)10/h13-17,19-20,22-24,32,36H,11-12,18,21,25H2,1-10H3/t32-,36?/m1/s1. The van der Waals surface area contributed by atoms with Gasteiger partial charge in [0, 0.05) is 11.8 Å². The largest absolute Gasteiger partial charge is 0.489 e. The summed E-state index contributed by atoms with van der Waals surface area (Å²) < 4.78 is 18.1. The lowest BCUT2D eigenvalue weighted by Crippen LogP contribution is -2.33. The summed E-state index contributed by atoms with van der Waals surface area (Å²) >= 11 is 0. The van der Waals surface area contributed by atoms with Crippen LogP contribution in [0.25, 0.3) is 11.1 Å². The van der Waals surface area contributed by atoms with Gasteiger partial charge in [-0.3, -0.25) is 4.79 Å². The first-order valence-corrected chi connectivity index (χ1v) is 19.4. The van der Waals surface area contributed by atoms with E-state index in [1.165, 1.54) is 33.4 Å². The molecule has 3 aromatic carbocycles. The first-order valence-electron chi connectivity index (χ1n) is 16.0. The Bertz CT molecular complexity index is 1420. The fourth-order valence-corrected chi connectivity index (χ4v) is 7.67. The molecule has 1 fully saturated rings. The number of aryl methyl sites for hydroxylation is 2. The summed E-state index contributed by atoms with van der Waals surface area (Å²) in [5, 5.41) is 0. The van der Waals surface area contributed by atoms with Gasteiger partial charge in [-0.05, 0) is 109 Å². The van der Waals surface area contributed by atoms with E-state index in [1.807, 2.05) is 0 Å². The van der Waals surface area contributed by atoms with Crippen LogP contribution in [0.1, 0.15) is 94.2 Å². The molecule has 1 unspecified atom stereocenters. The zero-order valence-corrected chi connectivity index (χ0v) is 29.1. The molecule has 0 radical (unpaired) electrons. The quantitative estimate of drug-likeness (QED) is 0.162. The predicted molar refractivity (Wildman–Crippen MR) is 180 cm³/mol. The van der Waals surface area contributed by atoms with Gasteiger partial charge < -0.3 is 13.9 Å². The first kappa shape index (κ1) is 33.0. The number of benzene rings is 3. The third-order valence-electron chi connectivity index (χ3n) is 8.87. The lowest BCUT2D eigenvalue weighted by Gasteiger charge is -2.36. The molecule has 1 saturated heterocycles. The Kier molecular flexibility index (Phi) is 9.98. The van der Waals surface area contributed by atoms with Gasteiger partial charge in [-0.2, -0.15) is 0 Å². The van der Waals surface area contributed by atoms with Gasteiger partial charge in [0.25, 0.3) is 0 Å². The second kappa shape index (κ2) is 13.0. The van der Waals surface area contributed by atoms with E-state index in [4.69, 9.17) is 13.9 Å². The van der Waals surface area contributed by atoms with Crippen LogP contribution < -0.4 is 4.74 Å². The van der Waals surface area contributed by atoms with E-state index in [0.29, 0.717) is 13.0 Å². The van der Waals surface area contributed by atoms with E-state index in [1.54, 1.807) is 0 Å². The Morgan fingerprint density at radius 1 is 0.907 bits per heavy atom. The minimum Gasteiger partial charge on any atom is -0.489 e. The number of carbonyl (C=O) groups is 1. The van der Waals surface area contributed by atoms with Crippen LogP contribution in [0.4, 0.5) is 0 Å². The lowest BCUT2D eigenvalue weighted by atomic mass is 9.69. The van der Waals surface area contributed by atoms with Crippen molar-refractivity contribution in [1.29, 1.82) is 0 Å². The van der Waals surface area contributed by atoms with E-state index < -0.39 is 8.32 Å². The number of ether oxygens (including phenoxy) is 2. The molecule has 0 amide bonds. The molecule has 0 N–H and O–H groups in total. The summed E-state index contributed by atoms with van der Waals surface area (Å²) in [7, 11) is -1.74. The fourth-order valence-electron chi connectivity index (χ4n) is 6.48. The Hall–Kier alpha value is -2.89. The lowest BCUT2D eigenvalue weighted by molar-refractivity contribution is -0.142. The molecule has 3 aromatic rings. The minimum atomic E-state index is -1.74. The summed E-state index contributed by atoms with van der Waals surface area (Å²) in [6, 6.07) is 22.6. The molecular formula is C38H52O4Si. The summed E-state index contributed by atoms with van der Waals surface area (Å²) in [6.45, 7) is 22.9. The molecule has 5 heteroatoms. The topological polar surface area (TPSA) is 44.8 Å². The van der Waals surface area contributed by atoms with Crippen LogP contribution in [-0.4, -0.2) is 27.0 Å². The number of carbonyl (C=O) groups excluding carboxylic acids is 1. The summed E-state index contributed by atoms with van der Waals surface area (Å²) in [5.74, 6) is 0.724. The maximum atomic E-state index is 11.5. The monoisotopic (exact) mass is 600 g/mol. The van der Waals surface area contributed by atoms with Crippen LogP contribution in [0.2, 0.25) is 19.6 Å².